The third-order valence-electron chi connectivity index (χ3n) is 5.08. The van der Waals surface area contributed by atoms with Crippen molar-refractivity contribution in [3.63, 3.8) is 0 Å². The lowest BCUT2D eigenvalue weighted by atomic mass is 10.2. The number of hydrogen-bond acceptors (Lipinski definition) is 3. The molecule has 0 atom stereocenters. The second-order valence-electron chi connectivity index (χ2n) is 7.06. The minimum Gasteiger partial charge on any atom is -0.495 e. The van der Waals surface area contributed by atoms with Crippen LogP contribution in [-0.2, 0) is 6.50 Å². The number of halogens is 1. The molecule has 2 amide bonds. The van der Waals surface area contributed by atoms with Crippen LogP contribution in [0.5, 0.6) is 5.75 Å². The molecule has 0 radical (unpaired) electrons. The number of carbonyl (C=O) groups is 1. The maximum Gasteiger partial charge on any atom is 0.323 e. The van der Waals surface area contributed by atoms with Gasteiger partial charge in [0.15, 0.2) is 0 Å². The lowest BCUT2D eigenvalue weighted by Crippen LogP contribution is -2.20. The number of pyridine rings is 1. The summed E-state index contributed by atoms with van der Waals surface area (Å²) in [4.78, 5) is 20.1. The molecule has 0 saturated heterocycles. The molecule has 2 aromatic carbocycles. The first kappa shape index (κ1) is 17.9. The Kier molecular flexibility index (Phi) is 4.68. The van der Waals surface area contributed by atoms with Crippen LogP contribution >= 0.6 is 15.9 Å². The van der Waals surface area contributed by atoms with Crippen molar-refractivity contribution >= 4 is 55.3 Å². The van der Waals surface area contributed by atoms with Gasteiger partial charge in [0, 0.05) is 40.3 Å². The van der Waals surface area contributed by atoms with Crippen molar-refractivity contribution in [2.75, 3.05) is 17.7 Å². The third-order valence-corrected chi connectivity index (χ3v) is 5.58. The zero-order chi connectivity index (χ0) is 23.9. The van der Waals surface area contributed by atoms with Gasteiger partial charge in [-0.2, -0.15) is 0 Å². The number of nitrogens with one attached hydrogen (secondary N) is 3. The van der Waals surface area contributed by atoms with Gasteiger partial charge in [0.1, 0.15) is 11.4 Å². The van der Waals surface area contributed by atoms with Crippen LogP contribution in [0.25, 0.3) is 21.9 Å². The summed E-state index contributed by atoms with van der Waals surface area (Å²) in [6.07, 6.45) is 4.99. The number of nitrogens with zero attached hydrogens (tertiary/aromatic N) is 2. The van der Waals surface area contributed by atoms with Crippen LogP contribution in [-0.4, -0.2) is 27.7 Å². The van der Waals surface area contributed by atoms with Crippen LogP contribution in [0.2, 0.25) is 0 Å². The smallest absolute Gasteiger partial charge is 0.323 e. The molecule has 32 heavy (non-hydrogen) atoms. The van der Waals surface area contributed by atoms with E-state index >= 15 is 0 Å². The van der Waals surface area contributed by atoms with Gasteiger partial charge < -0.3 is 24.9 Å². The van der Waals surface area contributed by atoms with Gasteiger partial charge in [-0.1, -0.05) is 22.0 Å². The fourth-order valence-electron chi connectivity index (χ4n) is 3.61. The Morgan fingerprint density at radius 3 is 2.91 bits per heavy atom. The van der Waals surface area contributed by atoms with Crippen LogP contribution in [0.3, 0.4) is 0 Å². The highest BCUT2D eigenvalue weighted by atomic mass is 79.9. The molecule has 0 aliphatic heterocycles. The monoisotopic (exact) mass is 491 g/mol. The summed E-state index contributed by atoms with van der Waals surface area (Å²) in [5.41, 5.74) is 2.81. The molecule has 0 aliphatic carbocycles. The average molecular weight is 492 g/mol. The second-order valence-corrected chi connectivity index (χ2v) is 7.98. The number of benzene rings is 2. The molecular formula is C24H20BrN5O2. The van der Waals surface area contributed by atoms with Gasteiger partial charge in [-0.3, -0.25) is 0 Å². The number of rotatable bonds is 5. The van der Waals surface area contributed by atoms with Crippen molar-refractivity contribution in [3.8, 4) is 5.75 Å². The van der Waals surface area contributed by atoms with E-state index in [2.05, 4.69) is 36.5 Å². The first-order valence-corrected chi connectivity index (χ1v) is 10.6. The van der Waals surface area contributed by atoms with E-state index in [9.17, 15) is 4.79 Å². The summed E-state index contributed by atoms with van der Waals surface area (Å²) in [5.74, 6) is 0.532. The zero-order valence-corrected chi connectivity index (χ0v) is 18.6. The molecule has 0 unspecified atom stereocenters. The predicted octanol–water partition coefficient (Wildman–Crippen LogP) is 5.98. The van der Waals surface area contributed by atoms with Gasteiger partial charge in [-0.25, -0.2) is 9.78 Å². The molecule has 3 heterocycles. The molecule has 0 saturated carbocycles. The van der Waals surface area contributed by atoms with Crippen molar-refractivity contribution < 1.29 is 12.3 Å². The van der Waals surface area contributed by atoms with Crippen molar-refractivity contribution in [3.05, 3.63) is 83.2 Å². The number of hydrogen-bond donors (Lipinski definition) is 3. The zero-order valence-electron chi connectivity index (χ0n) is 19.0. The van der Waals surface area contributed by atoms with Crippen LogP contribution in [0, 0.1) is 0 Å². The number of methoxy groups -OCH3 is 1. The van der Waals surface area contributed by atoms with Crippen LogP contribution in [0.15, 0.2) is 77.7 Å². The maximum absolute atomic E-state index is 12.8. The number of carbonyl (C=O) groups excluding carboxylic acids is 1. The summed E-state index contributed by atoms with van der Waals surface area (Å²) < 4.78 is 25.5. The minimum atomic E-state index is -1.85. The summed E-state index contributed by atoms with van der Waals surface area (Å²) in [5, 5.41) is 7.08. The van der Waals surface area contributed by atoms with E-state index in [4.69, 9.17) is 7.48 Å². The molecule has 0 aliphatic rings. The van der Waals surface area contributed by atoms with E-state index in [0.29, 0.717) is 44.6 Å². The largest absolute Gasteiger partial charge is 0.495 e. The number of aromatic amines is 1. The fraction of sp³-hybridized carbons (Fsp3) is 0.0833. The molecule has 5 rings (SSSR count). The number of ether oxygens (including phenoxy) is 1. The highest BCUT2D eigenvalue weighted by molar-refractivity contribution is 9.10. The van der Waals surface area contributed by atoms with Gasteiger partial charge in [-0.05, 0) is 54.1 Å². The SMILES string of the molecule is [2H]C([2H])(c1c[nH]c2ncccc12)n1ccc2c(NC(=O)Nc3cc(Br)ccc3OC)cccc21. The summed E-state index contributed by atoms with van der Waals surface area (Å²) in [6.45, 7) is -1.85. The second kappa shape index (κ2) is 8.39. The van der Waals surface area contributed by atoms with E-state index in [1.165, 1.54) is 7.11 Å². The predicted molar refractivity (Wildman–Crippen MR) is 130 cm³/mol. The Hall–Kier alpha value is -3.78. The van der Waals surface area contributed by atoms with Crippen molar-refractivity contribution in [1.29, 1.82) is 0 Å². The Balaban J connectivity index is 1.47. The Bertz CT molecular complexity index is 1530. The number of aromatic nitrogens is 3. The van der Waals surface area contributed by atoms with Gasteiger partial charge in [-0.15, -0.1) is 0 Å². The van der Waals surface area contributed by atoms with Gasteiger partial charge in [0.2, 0.25) is 0 Å². The summed E-state index contributed by atoms with van der Waals surface area (Å²) in [7, 11) is 1.54. The number of fused-ring (bicyclic) bond motifs is 2. The number of anilines is 2. The van der Waals surface area contributed by atoms with E-state index in [-0.39, 0.29) is 0 Å². The average Bonchev–Trinajstić information content (AvgIpc) is 3.45. The Morgan fingerprint density at radius 2 is 2.03 bits per heavy atom. The molecule has 3 aromatic heterocycles. The van der Waals surface area contributed by atoms with Crippen LogP contribution in [0.4, 0.5) is 16.2 Å². The molecule has 0 fully saturated rings. The molecular weight excluding hydrogens is 470 g/mol. The van der Waals surface area contributed by atoms with E-state index in [1.54, 1.807) is 59.6 Å². The van der Waals surface area contributed by atoms with Crippen molar-refractivity contribution in [2.45, 2.75) is 6.50 Å². The van der Waals surface area contributed by atoms with E-state index < -0.39 is 12.5 Å². The van der Waals surface area contributed by atoms with Gasteiger partial charge >= 0.3 is 6.03 Å². The third kappa shape index (κ3) is 3.80. The number of H-pyrrole nitrogens is 1. The lowest BCUT2D eigenvalue weighted by Gasteiger charge is -2.12. The highest BCUT2D eigenvalue weighted by Crippen LogP contribution is 2.29. The summed E-state index contributed by atoms with van der Waals surface area (Å²) >= 11 is 3.40. The van der Waals surface area contributed by atoms with E-state index in [1.807, 2.05) is 18.2 Å². The molecule has 0 bridgehead atoms. The standard InChI is InChI=1S/C24H20BrN5O2/c1-32-22-8-7-16(25)12-20(22)29-24(31)28-19-5-2-6-21-18(19)9-11-30(21)14-15-13-27-23-17(15)4-3-10-26-23/h2-13H,14H2,1H3,(H,26,27)(H2,28,29,31)/i14D2. The van der Waals surface area contributed by atoms with Crippen LogP contribution in [0.1, 0.15) is 8.30 Å². The molecule has 3 N–H and O–H groups in total. The Morgan fingerprint density at radius 1 is 1.16 bits per heavy atom. The number of urea groups is 1. The fourth-order valence-corrected chi connectivity index (χ4v) is 3.97. The molecule has 160 valence electrons. The molecule has 8 heteroatoms. The topological polar surface area (TPSA) is 84.0 Å². The Labute approximate surface area is 195 Å². The first-order chi connectivity index (χ1) is 16.4. The van der Waals surface area contributed by atoms with Gasteiger partial charge in [0.25, 0.3) is 0 Å². The number of amides is 2. The molecule has 0 spiro atoms. The normalized spacial score (nSPS) is 12.4. The van der Waals surface area contributed by atoms with Gasteiger partial charge in [0.05, 0.1) is 26.7 Å². The molecule has 7 nitrogen and oxygen atoms in total. The van der Waals surface area contributed by atoms with Crippen molar-refractivity contribution in [1.82, 2.24) is 14.5 Å². The summed E-state index contributed by atoms with van der Waals surface area (Å²) in [6, 6.07) is 15.7. The highest BCUT2D eigenvalue weighted by Gasteiger charge is 2.12. The van der Waals surface area contributed by atoms with Crippen LogP contribution < -0.4 is 15.4 Å². The van der Waals surface area contributed by atoms with Crippen molar-refractivity contribution in [2.24, 2.45) is 0 Å². The van der Waals surface area contributed by atoms with E-state index in [0.717, 1.165) is 4.47 Å². The lowest BCUT2D eigenvalue weighted by molar-refractivity contribution is 0.262. The molecule has 5 aromatic rings. The maximum atomic E-state index is 12.8. The minimum absolute atomic E-state index is 0.442. The quantitative estimate of drug-likeness (QED) is 0.282. The first-order valence-electron chi connectivity index (χ1n) is 10.8.